The number of benzene rings is 2. The lowest BCUT2D eigenvalue weighted by molar-refractivity contribution is -0.385. The number of carbonyl (C=O) groups excluding carboxylic acids is 1. The fourth-order valence-electron chi connectivity index (χ4n) is 3.30. The molecule has 12 nitrogen and oxygen atoms in total. The van der Waals surface area contributed by atoms with Crippen molar-refractivity contribution in [3.63, 3.8) is 0 Å². The lowest BCUT2D eigenvalue weighted by Gasteiger charge is -2.13. The van der Waals surface area contributed by atoms with Gasteiger partial charge in [0.25, 0.3) is 0 Å². The number of fused-ring (bicyclic) bond motifs is 2. The first-order valence-electron chi connectivity index (χ1n) is 9.93. The standard InChI is InChI=1S/C21H15F3N6O6/c1-9-11-7-15(35-3)13(30(32)33)8-12(11)26-19(25-9)29-20-27-16-10(5-4-6-14(16)34-2)17(28-20)36-18(31)21(22,23)24/h4-8H,1-3H3,(H,25,26,27,28,29). The van der Waals surface area contributed by atoms with Crippen LogP contribution in [0.5, 0.6) is 17.4 Å². The number of halogens is 3. The predicted octanol–water partition coefficient (Wildman–Crippen LogP) is 4.02. The van der Waals surface area contributed by atoms with Crippen molar-refractivity contribution in [2.24, 2.45) is 0 Å². The van der Waals surface area contributed by atoms with Gasteiger partial charge in [-0.3, -0.25) is 15.4 Å². The second-order valence-corrected chi connectivity index (χ2v) is 7.15. The van der Waals surface area contributed by atoms with Gasteiger partial charge in [0.2, 0.25) is 17.8 Å². The van der Waals surface area contributed by atoms with E-state index in [4.69, 9.17) is 9.47 Å². The highest BCUT2D eigenvalue weighted by Gasteiger charge is 2.42. The highest BCUT2D eigenvalue weighted by molar-refractivity contribution is 5.92. The average molecular weight is 504 g/mol. The molecule has 0 amide bonds. The summed E-state index contributed by atoms with van der Waals surface area (Å²) < 4.78 is 53.2. The summed E-state index contributed by atoms with van der Waals surface area (Å²) in [5.74, 6) is -3.42. The minimum atomic E-state index is -5.27. The molecule has 2 aromatic carbocycles. The number of anilines is 2. The van der Waals surface area contributed by atoms with Crippen molar-refractivity contribution < 1.29 is 37.1 Å². The molecule has 0 spiro atoms. The summed E-state index contributed by atoms with van der Waals surface area (Å²) in [7, 11) is 2.61. The summed E-state index contributed by atoms with van der Waals surface area (Å²) in [4.78, 5) is 38.8. The van der Waals surface area contributed by atoms with Gasteiger partial charge in [0.05, 0.1) is 35.7 Å². The van der Waals surface area contributed by atoms with E-state index in [0.29, 0.717) is 11.1 Å². The monoisotopic (exact) mass is 504 g/mol. The molecule has 36 heavy (non-hydrogen) atoms. The van der Waals surface area contributed by atoms with Crippen molar-refractivity contribution in [3.8, 4) is 17.4 Å². The highest BCUT2D eigenvalue weighted by atomic mass is 19.4. The highest BCUT2D eigenvalue weighted by Crippen LogP contribution is 2.34. The molecule has 2 aromatic heterocycles. The summed E-state index contributed by atoms with van der Waals surface area (Å²) in [6, 6.07) is 6.91. The zero-order valence-corrected chi connectivity index (χ0v) is 18.7. The molecule has 4 rings (SSSR count). The first kappa shape index (κ1) is 24.3. The Morgan fingerprint density at radius 1 is 1.00 bits per heavy atom. The molecule has 0 saturated heterocycles. The van der Waals surface area contributed by atoms with Crippen LogP contribution in [0.3, 0.4) is 0 Å². The minimum Gasteiger partial charge on any atom is -0.494 e. The van der Waals surface area contributed by atoms with Gasteiger partial charge in [-0.2, -0.15) is 18.2 Å². The Bertz CT molecular complexity index is 1530. The fraction of sp³-hybridized carbons (Fsp3) is 0.190. The van der Waals surface area contributed by atoms with Crippen LogP contribution in [0.4, 0.5) is 30.8 Å². The Morgan fingerprint density at radius 2 is 1.69 bits per heavy atom. The molecule has 0 atom stereocenters. The molecule has 0 bridgehead atoms. The lowest BCUT2D eigenvalue weighted by atomic mass is 10.1. The average Bonchev–Trinajstić information content (AvgIpc) is 2.82. The van der Waals surface area contributed by atoms with Gasteiger partial charge in [-0.1, -0.05) is 6.07 Å². The van der Waals surface area contributed by atoms with E-state index >= 15 is 0 Å². The first-order valence-corrected chi connectivity index (χ1v) is 9.93. The molecule has 15 heteroatoms. The number of rotatable bonds is 6. The number of alkyl halides is 3. The normalized spacial score (nSPS) is 11.4. The molecule has 2 heterocycles. The Morgan fingerprint density at radius 3 is 2.33 bits per heavy atom. The molecule has 4 aromatic rings. The number of aromatic nitrogens is 4. The summed E-state index contributed by atoms with van der Waals surface area (Å²) in [5.41, 5.74) is 0.292. The first-order chi connectivity index (χ1) is 17.0. The maximum atomic E-state index is 12.8. The van der Waals surface area contributed by atoms with Gasteiger partial charge in [0, 0.05) is 11.5 Å². The van der Waals surface area contributed by atoms with Gasteiger partial charge in [0.1, 0.15) is 11.3 Å². The van der Waals surface area contributed by atoms with Crippen molar-refractivity contribution in [2.75, 3.05) is 19.5 Å². The fourth-order valence-corrected chi connectivity index (χ4v) is 3.30. The summed E-state index contributed by atoms with van der Waals surface area (Å²) in [6.45, 7) is 1.61. The largest absolute Gasteiger partial charge is 0.494 e. The number of carbonyl (C=O) groups is 1. The SMILES string of the molecule is COc1cc2c(C)nc(Nc3nc(OC(=O)C(F)(F)F)c4cccc(OC)c4n3)nc2cc1[N+](=O)[O-]. The van der Waals surface area contributed by atoms with E-state index in [1.165, 1.54) is 44.6 Å². The molecule has 0 aliphatic rings. The zero-order chi connectivity index (χ0) is 26.2. The molecule has 0 saturated carbocycles. The van der Waals surface area contributed by atoms with Gasteiger partial charge >= 0.3 is 17.8 Å². The van der Waals surface area contributed by atoms with Gasteiger partial charge in [-0.05, 0) is 25.1 Å². The van der Waals surface area contributed by atoms with Crippen molar-refractivity contribution in [3.05, 3.63) is 46.1 Å². The van der Waals surface area contributed by atoms with Crippen molar-refractivity contribution >= 4 is 45.4 Å². The summed E-state index contributed by atoms with van der Waals surface area (Å²) in [6.07, 6.45) is -5.27. The smallest absolute Gasteiger partial charge is 0.491 e. The van der Waals surface area contributed by atoms with Crippen LogP contribution >= 0.6 is 0 Å². The Labute approximate surface area is 199 Å². The zero-order valence-electron chi connectivity index (χ0n) is 18.7. The number of nitrogens with zero attached hydrogens (tertiary/aromatic N) is 5. The quantitative estimate of drug-likeness (QED) is 0.230. The molecule has 0 unspecified atom stereocenters. The van der Waals surface area contributed by atoms with E-state index in [1.54, 1.807) is 6.92 Å². The van der Waals surface area contributed by atoms with Crippen molar-refractivity contribution in [1.29, 1.82) is 0 Å². The van der Waals surface area contributed by atoms with Gasteiger partial charge < -0.3 is 14.2 Å². The van der Waals surface area contributed by atoms with Crippen LogP contribution in [0.15, 0.2) is 30.3 Å². The second-order valence-electron chi connectivity index (χ2n) is 7.15. The maximum Gasteiger partial charge on any atom is 0.491 e. The van der Waals surface area contributed by atoms with Crippen molar-refractivity contribution in [2.45, 2.75) is 13.1 Å². The molecular weight excluding hydrogens is 489 g/mol. The molecular formula is C21H15F3N6O6. The van der Waals surface area contributed by atoms with E-state index in [2.05, 4.69) is 30.0 Å². The lowest BCUT2D eigenvalue weighted by Crippen LogP contribution is -2.28. The number of hydrogen-bond acceptors (Lipinski definition) is 11. The van der Waals surface area contributed by atoms with Gasteiger partial charge in [-0.25, -0.2) is 19.7 Å². The minimum absolute atomic E-state index is 0.0148. The van der Waals surface area contributed by atoms with Crippen LogP contribution in [0, 0.1) is 17.0 Å². The van der Waals surface area contributed by atoms with Crippen LogP contribution in [0.25, 0.3) is 21.8 Å². The Hall–Kier alpha value is -4.82. The number of nitrogens with one attached hydrogen (secondary N) is 1. The second kappa shape index (κ2) is 9.09. The molecule has 0 aliphatic heterocycles. The summed E-state index contributed by atoms with van der Waals surface area (Å²) >= 11 is 0. The Balaban J connectivity index is 1.83. The third-order valence-electron chi connectivity index (χ3n) is 4.90. The van der Waals surface area contributed by atoms with E-state index < -0.39 is 22.9 Å². The van der Waals surface area contributed by atoms with Gasteiger partial charge in [-0.15, -0.1) is 0 Å². The third-order valence-corrected chi connectivity index (χ3v) is 4.90. The topological polar surface area (TPSA) is 151 Å². The van der Waals surface area contributed by atoms with Crippen LogP contribution in [0.1, 0.15) is 5.69 Å². The van der Waals surface area contributed by atoms with Crippen molar-refractivity contribution in [1.82, 2.24) is 19.9 Å². The number of ether oxygens (including phenoxy) is 3. The van der Waals surface area contributed by atoms with E-state index in [-0.39, 0.29) is 45.5 Å². The number of methoxy groups -OCH3 is 2. The molecule has 0 radical (unpaired) electrons. The van der Waals surface area contributed by atoms with E-state index in [1.807, 2.05) is 0 Å². The van der Waals surface area contributed by atoms with Crippen LogP contribution in [0.2, 0.25) is 0 Å². The number of nitro benzene ring substituents is 1. The number of aryl methyl sites for hydroxylation is 1. The molecule has 186 valence electrons. The molecule has 0 aliphatic carbocycles. The predicted molar refractivity (Wildman–Crippen MR) is 119 cm³/mol. The summed E-state index contributed by atoms with van der Waals surface area (Å²) in [5, 5.41) is 14.5. The van der Waals surface area contributed by atoms with Gasteiger partial charge in [0.15, 0.2) is 5.75 Å². The van der Waals surface area contributed by atoms with Crippen LogP contribution < -0.4 is 19.5 Å². The third kappa shape index (κ3) is 4.57. The Kier molecular flexibility index (Phi) is 6.14. The maximum absolute atomic E-state index is 12.8. The number of hydrogen-bond donors (Lipinski definition) is 1. The number of para-hydroxylation sites is 1. The van der Waals surface area contributed by atoms with Crippen LogP contribution in [-0.4, -0.2) is 51.2 Å². The number of esters is 1. The number of nitro groups is 1. The molecule has 0 fully saturated rings. The van der Waals surface area contributed by atoms with Crippen LogP contribution in [-0.2, 0) is 4.79 Å². The van der Waals surface area contributed by atoms with E-state index in [9.17, 15) is 28.1 Å². The molecule has 1 N–H and O–H groups in total. The van der Waals surface area contributed by atoms with E-state index in [0.717, 1.165) is 0 Å².